The molecule has 1 heterocycles. The summed E-state index contributed by atoms with van der Waals surface area (Å²) in [4.78, 5) is 15.1. The van der Waals surface area contributed by atoms with Crippen LogP contribution in [0, 0.1) is 0 Å². The Labute approximate surface area is 176 Å². The minimum Gasteiger partial charge on any atom is -0.361 e. The smallest absolute Gasteiger partial charge is 0.240 e. The lowest BCUT2D eigenvalue weighted by Crippen LogP contribution is -2.16. The van der Waals surface area contributed by atoms with Crippen LogP contribution in [-0.2, 0) is 4.79 Å². The topological polar surface area (TPSA) is 57.2 Å². The normalized spacial score (nSPS) is 11.5. The first-order chi connectivity index (χ1) is 14.3. The number of para-hydroxylation sites is 1. The summed E-state index contributed by atoms with van der Waals surface area (Å²) >= 11 is 0. The van der Waals surface area contributed by atoms with Crippen LogP contribution in [0.5, 0.6) is 0 Å². The second-order valence-electron chi connectivity index (χ2n) is 8.08. The molecule has 4 nitrogen and oxygen atoms in total. The zero-order chi connectivity index (χ0) is 20.6. The van der Waals surface area contributed by atoms with E-state index in [0.29, 0.717) is 6.42 Å². The summed E-state index contributed by atoms with van der Waals surface area (Å²) in [5.41, 5.74) is 4.71. The number of rotatable bonds is 16. The van der Waals surface area contributed by atoms with Crippen LogP contribution in [0.25, 0.3) is 10.9 Å². The second kappa shape index (κ2) is 14.8. The summed E-state index contributed by atoms with van der Waals surface area (Å²) in [5, 5.41) is 5.21. The average molecular weight is 398 g/mol. The molecule has 0 aliphatic carbocycles. The van der Waals surface area contributed by atoms with Gasteiger partial charge in [0, 0.05) is 29.1 Å². The summed E-state index contributed by atoms with van der Waals surface area (Å²) in [6.07, 6.45) is 21.3. The second-order valence-corrected chi connectivity index (χ2v) is 8.08. The number of nitrogens with one attached hydrogen (secondary N) is 2. The van der Waals surface area contributed by atoms with Crippen LogP contribution in [0.1, 0.15) is 102 Å². The van der Waals surface area contributed by atoms with Crippen molar-refractivity contribution in [3.8, 4) is 0 Å². The molecule has 1 aromatic carbocycles. The maximum Gasteiger partial charge on any atom is 0.240 e. The van der Waals surface area contributed by atoms with E-state index in [9.17, 15) is 4.79 Å². The quantitative estimate of drug-likeness (QED) is 0.177. The van der Waals surface area contributed by atoms with Gasteiger partial charge in [-0.25, -0.2) is 5.43 Å². The Hall–Kier alpha value is -2.10. The minimum atomic E-state index is 0.00386. The van der Waals surface area contributed by atoms with Gasteiger partial charge < -0.3 is 4.98 Å². The van der Waals surface area contributed by atoms with E-state index in [1.54, 1.807) is 6.21 Å². The lowest BCUT2D eigenvalue weighted by Gasteiger charge is -2.03. The summed E-state index contributed by atoms with van der Waals surface area (Å²) < 4.78 is 0. The molecule has 2 rings (SSSR count). The van der Waals surface area contributed by atoms with Crippen molar-refractivity contribution in [1.29, 1.82) is 0 Å². The van der Waals surface area contributed by atoms with E-state index in [1.807, 2.05) is 30.5 Å². The molecule has 0 aliphatic rings. The number of aromatic amines is 1. The van der Waals surface area contributed by atoms with Crippen molar-refractivity contribution >= 4 is 23.0 Å². The van der Waals surface area contributed by atoms with Crippen LogP contribution in [-0.4, -0.2) is 17.1 Å². The van der Waals surface area contributed by atoms with Gasteiger partial charge in [-0.2, -0.15) is 5.10 Å². The molecule has 160 valence electrons. The molecule has 0 saturated heterocycles. The lowest BCUT2D eigenvalue weighted by molar-refractivity contribution is -0.121. The van der Waals surface area contributed by atoms with E-state index in [0.717, 1.165) is 29.3 Å². The van der Waals surface area contributed by atoms with E-state index < -0.39 is 0 Å². The third-order valence-electron chi connectivity index (χ3n) is 5.52. The number of benzene rings is 1. The maximum atomic E-state index is 11.9. The summed E-state index contributed by atoms with van der Waals surface area (Å²) in [7, 11) is 0. The number of nitrogens with zero attached hydrogens (tertiary/aromatic N) is 1. The van der Waals surface area contributed by atoms with E-state index in [-0.39, 0.29) is 5.91 Å². The largest absolute Gasteiger partial charge is 0.361 e. The number of carbonyl (C=O) groups is 1. The fraction of sp³-hybridized carbons (Fsp3) is 0.600. The fourth-order valence-electron chi connectivity index (χ4n) is 3.73. The van der Waals surface area contributed by atoms with Crippen LogP contribution in [0.15, 0.2) is 35.6 Å². The zero-order valence-electron chi connectivity index (χ0n) is 18.2. The van der Waals surface area contributed by atoms with E-state index >= 15 is 0 Å². The first-order valence-corrected chi connectivity index (χ1v) is 11.7. The molecule has 2 aromatic rings. The van der Waals surface area contributed by atoms with Gasteiger partial charge in [0.2, 0.25) is 5.91 Å². The SMILES string of the molecule is CCCCCCCCCCCCCCCC(=O)N/N=C\c1c[nH]c2ccccc12. The van der Waals surface area contributed by atoms with Gasteiger partial charge in [0.15, 0.2) is 0 Å². The molecule has 29 heavy (non-hydrogen) atoms. The number of hydrogen-bond donors (Lipinski definition) is 2. The van der Waals surface area contributed by atoms with Gasteiger partial charge in [-0.15, -0.1) is 0 Å². The third kappa shape index (κ3) is 9.78. The Morgan fingerprint density at radius 3 is 2.14 bits per heavy atom. The molecule has 1 aromatic heterocycles. The molecule has 0 aliphatic heterocycles. The third-order valence-corrected chi connectivity index (χ3v) is 5.52. The molecular formula is C25H39N3O. The van der Waals surface area contributed by atoms with Crippen molar-refractivity contribution in [2.45, 2.75) is 96.8 Å². The van der Waals surface area contributed by atoms with E-state index in [2.05, 4.69) is 22.4 Å². The highest BCUT2D eigenvalue weighted by Crippen LogP contribution is 2.15. The fourth-order valence-corrected chi connectivity index (χ4v) is 3.73. The molecule has 4 heteroatoms. The molecule has 0 fully saturated rings. The first-order valence-electron chi connectivity index (χ1n) is 11.7. The first kappa shape index (κ1) is 23.2. The number of hydrazone groups is 1. The summed E-state index contributed by atoms with van der Waals surface area (Å²) in [6.45, 7) is 2.27. The molecule has 0 radical (unpaired) electrons. The predicted octanol–water partition coefficient (Wildman–Crippen LogP) is 7.10. The van der Waals surface area contributed by atoms with Gasteiger partial charge in [0.1, 0.15) is 0 Å². The van der Waals surface area contributed by atoms with Gasteiger partial charge >= 0.3 is 0 Å². The van der Waals surface area contributed by atoms with Crippen LogP contribution >= 0.6 is 0 Å². The number of hydrogen-bond acceptors (Lipinski definition) is 2. The molecule has 0 atom stereocenters. The number of fused-ring (bicyclic) bond motifs is 1. The van der Waals surface area contributed by atoms with Crippen molar-refractivity contribution in [1.82, 2.24) is 10.4 Å². The van der Waals surface area contributed by atoms with Crippen LogP contribution < -0.4 is 5.43 Å². The molecule has 0 saturated carbocycles. The molecule has 0 spiro atoms. The van der Waals surface area contributed by atoms with Crippen LogP contribution in [0.2, 0.25) is 0 Å². The predicted molar refractivity (Wildman–Crippen MR) is 124 cm³/mol. The highest BCUT2D eigenvalue weighted by molar-refractivity contribution is 5.99. The van der Waals surface area contributed by atoms with Crippen molar-refractivity contribution in [3.63, 3.8) is 0 Å². The Balaban J connectivity index is 1.42. The van der Waals surface area contributed by atoms with Crippen molar-refractivity contribution < 1.29 is 4.79 Å². The molecule has 1 amide bonds. The number of carbonyl (C=O) groups excluding carboxylic acids is 1. The van der Waals surface area contributed by atoms with Crippen molar-refractivity contribution in [3.05, 3.63) is 36.0 Å². The molecule has 2 N–H and O–H groups in total. The minimum absolute atomic E-state index is 0.00386. The highest BCUT2D eigenvalue weighted by atomic mass is 16.2. The molecule has 0 bridgehead atoms. The lowest BCUT2D eigenvalue weighted by atomic mass is 10.0. The zero-order valence-corrected chi connectivity index (χ0v) is 18.2. The highest BCUT2D eigenvalue weighted by Gasteiger charge is 2.02. The number of aromatic nitrogens is 1. The Kier molecular flexibility index (Phi) is 11.9. The van der Waals surface area contributed by atoms with E-state index in [4.69, 9.17) is 0 Å². The number of unbranched alkanes of at least 4 members (excludes halogenated alkanes) is 12. The van der Waals surface area contributed by atoms with Gasteiger partial charge in [-0.1, -0.05) is 102 Å². The average Bonchev–Trinajstić information content (AvgIpc) is 3.15. The van der Waals surface area contributed by atoms with Gasteiger partial charge in [-0.3, -0.25) is 4.79 Å². The van der Waals surface area contributed by atoms with Crippen molar-refractivity contribution in [2.24, 2.45) is 5.10 Å². The Morgan fingerprint density at radius 2 is 1.48 bits per heavy atom. The van der Waals surface area contributed by atoms with Crippen LogP contribution in [0.3, 0.4) is 0 Å². The summed E-state index contributed by atoms with van der Waals surface area (Å²) in [6, 6.07) is 8.07. The van der Waals surface area contributed by atoms with Gasteiger partial charge in [-0.05, 0) is 12.5 Å². The van der Waals surface area contributed by atoms with Gasteiger partial charge in [0.25, 0.3) is 0 Å². The monoisotopic (exact) mass is 397 g/mol. The number of H-pyrrole nitrogens is 1. The Bertz CT molecular complexity index is 720. The maximum absolute atomic E-state index is 11.9. The van der Waals surface area contributed by atoms with Crippen LogP contribution in [0.4, 0.5) is 0 Å². The van der Waals surface area contributed by atoms with Crippen molar-refractivity contribution in [2.75, 3.05) is 0 Å². The Morgan fingerprint density at radius 1 is 0.897 bits per heavy atom. The molecule has 0 unspecified atom stereocenters. The molecular weight excluding hydrogens is 358 g/mol. The standard InChI is InChI=1S/C25H39N3O/c1-2-3-4-5-6-7-8-9-10-11-12-13-14-19-25(29)28-27-21-22-20-26-24-18-16-15-17-23(22)24/h15-18,20-21,26H,2-14,19H2,1H3,(H,28,29)/b27-21-. The van der Waals surface area contributed by atoms with E-state index in [1.165, 1.54) is 70.6 Å². The van der Waals surface area contributed by atoms with Gasteiger partial charge in [0.05, 0.1) is 6.21 Å². The number of amides is 1. The summed E-state index contributed by atoms with van der Waals surface area (Å²) in [5.74, 6) is 0.00386.